The van der Waals surface area contributed by atoms with E-state index in [4.69, 9.17) is 14.3 Å². The molecule has 2 aromatic heterocycles. The van der Waals surface area contributed by atoms with E-state index in [1.165, 1.54) is 5.06 Å². The van der Waals surface area contributed by atoms with Crippen molar-refractivity contribution < 1.29 is 23.9 Å². The van der Waals surface area contributed by atoms with Gasteiger partial charge in [0.2, 0.25) is 5.95 Å². The Labute approximate surface area is 243 Å². The van der Waals surface area contributed by atoms with Crippen molar-refractivity contribution in [3.05, 3.63) is 95.8 Å². The molecule has 42 heavy (non-hydrogen) atoms. The van der Waals surface area contributed by atoms with Gasteiger partial charge in [-0.2, -0.15) is 4.98 Å². The number of carbonyl (C=O) groups excluding carboxylic acids is 2. The van der Waals surface area contributed by atoms with Gasteiger partial charge in [0, 0.05) is 37.2 Å². The van der Waals surface area contributed by atoms with Crippen molar-refractivity contribution in [1.82, 2.24) is 29.9 Å². The van der Waals surface area contributed by atoms with E-state index >= 15 is 0 Å². The summed E-state index contributed by atoms with van der Waals surface area (Å²) in [5.74, 6) is 3.50. The molecule has 4 aromatic rings. The second-order valence-corrected chi connectivity index (χ2v) is 9.49. The summed E-state index contributed by atoms with van der Waals surface area (Å²) in [6.45, 7) is 2.88. The van der Waals surface area contributed by atoms with Crippen molar-refractivity contribution in [3.8, 4) is 17.4 Å². The van der Waals surface area contributed by atoms with Gasteiger partial charge in [-0.1, -0.05) is 36.4 Å². The lowest BCUT2D eigenvalue weighted by atomic mass is 10.1. The summed E-state index contributed by atoms with van der Waals surface area (Å²) in [7, 11) is 3.10. The Morgan fingerprint density at radius 1 is 1.07 bits per heavy atom. The van der Waals surface area contributed by atoms with Crippen LogP contribution in [0.5, 0.6) is 11.5 Å². The predicted molar refractivity (Wildman–Crippen MR) is 154 cm³/mol. The van der Waals surface area contributed by atoms with Crippen LogP contribution in [-0.2, 0) is 27.6 Å². The molecule has 1 atom stereocenters. The van der Waals surface area contributed by atoms with E-state index in [2.05, 4.69) is 20.3 Å². The largest absolute Gasteiger partial charge is 0.493 e. The number of amides is 1. The minimum atomic E-state index is -1.03. The minimum absolute atomic E-state index is 0.0910. The molecule has 1 N–H and O–H groups in total. The van der Waals surface area contributed by atoms with Gasteiger partial charge in [0.15, 0.2) is 11.5 Å². The maximum absolute atomic E-state index is 14.1. The first-order valence-electron chi connectivity index (χ1n) is 13.3. The van der Waals surface area contributed by atoms with Crippen LogP contribution in [0.2, 0.25) is 0 Å². The quantitative estimate of drug-likeness (QED) is 0.225. The Balaban J connectivity index is 1.44. The van der Waals surface area contributed by atoms with Crippen LogP contribution in [0, 0.1) is 6.92 Å². The molecule has 1 aliphatic rings. The fraction of sp³-hybridized carbons (Fsp3) is 0.267. The number of rotatable bonds is 10. The molecule has 1 aliphatic heterocycles. The van der Waals surface area contributed by atoms with Crippen molar-refractivity contribution in [3.63, 3.8) is 0 Å². The number of anilines is 1. The third-order valence-electron chi connectivity index (χ3n) is 6.69. The average Bonchev–Trinajstić information content (AvgIpc) is 3.58. The Kier molecular flexibility index (Phi) is 8.88. The lowest BCUT2D eigenvalue weighted by Crippen LogP contribution is -2.56. The predicted octanol–water partition coefficient (Wildman–Crippen LogP) is 2.64. The summed E-state index contributed by atoms with van der Waals surface area (Å²) in [6.07, 6.45) is 4.95. The molecule has 3 heterocycles. The van der Waals surface area contributed by atoms with Gasteiger partial charge in [0.25, 0.3) is 5.91 Å². The van der Waals surface area contributed by atoms with Gasteiger partial charge in [0.1, 0.15) is 36.4 Å². The van der Waals surface area contributed by atoms with Crippen LogP contribution in [0.15, 0.2) is 79.0 Å². The lowest BCUT2D eigenvalue weighted by Gasteiger charge is -2.36. The molecule has 0 spiro atoms. The molecule has 1 unspecified atom stereocenters. The Bertz CT molecular complexity index is 1570. The molecule has 1 fully saturated rings. The maximum Gasteiger partial charge on any atom is 0.270 e. The number of ether oxygens (including phenoxy) is 2. The Morgan fingerprint density at radius 2 is 1.88 bits per heavy atom. The Morgan fingerprint density at radius 3 is 2.60 bits per heavy atom. The number of imidazole rings is 1. The summed E-state index contributed by atoms with van der Waals surface area (Å²) in [6, 6.07) is 15.6. The van der Waals surface area contributed by atoms with Crippen LogP contribution >= 0.6 is 0 Å². The zero-order valence-electron chi connectivity index (χ0n) is 23.6. The zero-order valence-corrected chi connectivity index (χ0v) is 23.6. The van der Waals surface area contributed by atoms with Crippen LogP contribution in [0.1, 0.15) is 16.8 Å². The molecule has 1 saturated heterocycles. The summed E-state index contributed by atoms with van der Waals surface area (Å²) >= 11 is 0. The van der Waals surface area contributed by atoms with Gasteiger partial charge in [-0.05, 0) is 30.2 Å². The van der Waals surface area contributed by atoms with E-state index in [1.54, 1.807) is 60.6 Å². The number of carbonyl (C=O) groups is 1. The highest BCUT2D eigenvalue weighted by Gasteiger charge is 2.36. The monoisotopic (exact) mass is 569 g/mol. The number of hydrogen-bond donors (Lipinski definition) is 1. The van der Waals surface area contributed by atoms with Crippen molar-refractivity contribution in [2.24, 2.45) is 0 Å². The molecule has 0 bridgehead atoms. The number of nitrogens with one attached hydrogen (secondary N) is 1. The van der Waals surface area contributed by atoms with Crippen LogP contribution in [-0.4, -0.2) is 69.8 Å². The van der Waals surface area contributed by atoms with Gasteiger partial charge in [0.05, 0.1) is 20.8 Å². The number of hydrogen-bond acceptors (Lipinski definition) is 10. The van der Waals surface area contributed by atoms with Crippen molar-refractivity contribution in [2.75, 3.05) is 32.2 Å². The molecule has 1 amide bonds. The fourth-order valence-corrected chi connectivity index (χ4v) is 4.62. The molecule has 2 aromatic carbocycles. The number of piperazine rings is 1. The molecule has 216 valence electrons. The third-order valence-corrected chi connectivity index (χ3v) is 6.69. The smallest absolute Gasteiger partial charge is 0.270 e. The molecule has 12 nitrogen and oxygen atoms in total. The van der Waals surface area contributed by atoms with Crippen molar-refractivity contribution in [1.29, 1.82) is 0 Å². The van der Waals surface area contributed by atoms with E-state index in [0.717, 1.165) is 11.1 Å². The van der Waals surface area contributed by atoms with E-state index in [0.29, 0.717) is 42.0 Å². The SMILES string of the molecule is COc1ccc(CN(OCc2ccccc2)C(=O)C2NCCN(c3cc(C)nc(-n4ccnc4)n3)C2=C=O)cc1OC. The normalized spacial score (nSPS) is 14.8. The van der Waals surface area contributed by atoms with Crippen molar-refractivity contribution in [2.45, 2.75) is 26.1 Å². The zero-order chi connectivity index (χ0) is 29.5. The van der Waals surface area contributed by atoms with Crippen LogP contribution in [0.3, 0.4) is 0 Å². The average molecular weight is 570 g/mol. The van der Waals surface area contributed by atoms with E-state index in [9.17, 15) is 9.59 Å². The number of aryl methyl sites for hydroxylation is 1. The first kappa shape index (κ1) is 28.5. The molecule has 0 saturated carbocycles. The van der Waals surface area contributed by atoms with E-state index < -0.39 is 11.9 Å². The third kappa shape index (κ3) is 6.31. The number of benzene rings is 2. The first-order chi connectivity index (χ1) is 20.5. The second-order valence-electron chi connectivity index (χ2n) is 9.49. The second kappa shape index (κ2) is 13.1. The standard InChI is InChI=1S/C30H31N7O5/c1-21-15-27(34-30(33-21)35-13-11-31-20-35)36-14-12-32-28(24(36)18-38)29(39)37(42-19-22-7-5-4-6-8-22)17-23-9-10-25(40-2)26(16-23)41-3/h4-11,13,15-16,20,28,32H,12,14,17,19H2,1-3H3. The van der Waals surface area contributed by atoms with E-state index in [-0.39, 0.29) is 18.8 Å². The van der Waals surface area contributed by atoms with Crippen molar-refractivity contribution >= 4 is 17.7 Å². The molecular weight excluding hydrogens is 538 g/mol. The van der Waals surface area contributed by atoms with Gasteiger partial charge in [-0.15, -0.1) is 0 Å². The molecule has 0 radical (unpaired) electrons. The topological polar surface area (TPSA) is 124 Å². The fourth-order valence-electron chi connectivity index (χ4n) is 4.62. The van der Waals surface area contributed by atoms with E-state index in [1.807, 2.05) is 49.3 Å². The minimum Gasteiger partial charge on any atom is -0.493 e. The van der Waals surface area contributed by atoms with Crippen LogP contribution < -0.4 is 19.7 Å². The van der Waals surface area contributed by atoms with Crippen LogP contribution in [0.4, 0.5) is 5.82 Å². The van der Waals surface area contributed by atoms with Gasteiger partial charge < -0.3 is 14.4 Å². The molecule has 5 rings (SSSR count). The maximum atomic E-state index is 14.1. The van der Waals surface area contributed by atoms with Gasteiger partial charge >= 0.3 is 0 Å². The number of nitrogens with zero attached hydrogens (tertiary/aromatic N) is 6. The summed E-state index contributed by atoms with van der Waals surface area (Å²) in [4.78, 5) is 47.5. The highest BCUT2D eigenvalue weighted by atomic mass is 16.7. The first-order valence-corrected chi connectivity index (χ1v) is 13.3. The highest BCUT2D eigenvalue weighted by molar-refractivity contribution is 5.89. The molecular formula is C30H31N7O5. The van der Waals surface area contributed by atoms with Gasteiger partial charge in [-0.3, -0.25) is 19.5 Å². The number of methoxy groups -OCH3 is 2. The van der Waals surface area contributed by atoms with Gasteiger partial charge in [-0.25, -0.2) is 19.8 Å². The number of hydroxylamine groups is 2. The number of aromatic nitrogens is 4. The highest BCUT2D eigenvalue weighted by Crippen LogP contribution is 2.29. The lowest BCUT2D eigenvalue weighted by molar-refractivity contribution is -0.197. The molecule has 0 aliphatic carbocycles. The molecule has 12 heteroatoms. The Hall–Kier alpha value is -5.03. The summed E-state index contributed by atoms with van der Waals surface area (Å²) in [5.41, 5.74) is 2.42. The summed E-state index contributed by atoms with van der Waals surface area (Å²) < 4.78 is 12.5. The van der Waals surface area contributed by atoms with Crippen LogP contribution in [0.25, 0.3) is 5.95 Å². The summed E-state index contributed by atoms with van der Waals surface area (Å²) in [5, 5.41) is 4.42.